The van der Waals surface area contributed by atoms with E-state index in [1.54, 1.807) is 36.1 Å². The molecule has 0 heterocycles. The van der Waals surface area contributed by atoms with Crippen molar-refractivity contribution in [1.82, 2.24) is 10.2 Å². The van der Waals surface area contributed by atoms with E-state index in [0.29, 0.717) is 11.3 Å². The standard InChI is InChI=1S/C18H23N3O4/c1-11(17(23)24)10-21(15-7-8-15)16(22)12-3-2-4-14(9-12)20-18(25)19-13-5-6-13/h2-4,9,11,13,15H,5-8,10H2,1H3,(H,23,24)(H2,19,20,25). The molecule has 0 spiro atoms. The van der Waals surface area contributed by atoms with Crippen LogP contribution in [0.4, 0.5) is 10.5 Å². The van der Waals surface area contributed by atoms with Crippen molar-refractivity contribution in [3.63, 3.8) is 0 Å². The number of hydrogen-bond donors (Lipinski definition) is 3. The lowest BCUT2D eigenvalue weighted by Crippen LogP contribution is -2.38. The number of carboxylic acid groups (broad SMARTS) is 1. The summed E-state index contributed by atoms with van der Waals surface area (Å²) < 4.78 is 0. The summed E-state index contributed by atoms with van der Waals surface area (Å²) in [6, 6.07) is 6.86. The first-order valence-corrected chi connectivity index (χ1v) is 8.65. The van der Waals surface area contributed by atoms with Gasteiger partial charge in [-0.2, -0.15) is 0 Å². The van der Waals surface area contributed by atoms with Crippen LogP contribution in [0.5, 0.6) is 0 Å². The quantitative estimate of drug-likeness (QED) is 0.706. The van der Waals surface area contributed by atoms with E-state index in [4.69, 9.17) is 5.11 Å². The number of nitrogens with one attached hydrogen (secondary N) is 2. The van der Waals surface area contributed by atoms with Crippen LogP contribution in [-0.4, -0.2) is 46.5 Å². The first kappa shape index (κ1) is 17.3. The van der Waals surface area contributed by atoms with Gasteiger partial charge < -0.3 is 20.6 Å². The molecule has 0 aromatic heterocycles. The van der Waals surface area contributed by atoms with Gasteiger partial charge in [-0.3, -0.25) is 9.59 Å². The second kappa shape index (κ2) is 7.13. The summed E-state index contributed by atoms with van der Waals surface area (Å²) in [5, 5.41) is 14.7. The van der Waals surface area contributed by atoms with Gasteiger partial charge in [0.05, 0.1) is 5.92 Å². The van der Waals surface area contributed by atoms with Crippen LogP contribution in [0.25, 0.3) is 0 Å². The maximum absolute atomic E-state index is 12.8. The summed E-state index contributed by atoms with van der Waals surface area (Å²) in [6.45, 7) is 1.80. The van der Waals surface area contributed by atoms with E-state index in [1.165, 1.54) is 0 Å². The van der Waals surface area contributed by atoms with Gasteiger partial charge in [0, 0.05) is 29.9 Å². The zero-order valence-corrected chi connectivity index (χ0v) is 14.2. The average Bonchev–Trinajstić information content (AvgIpc) is 3.45. The number of rotatable bonds is 7. The van der Waals surface area contributed by atoms with Gasteiger partial charge in [-0.1, -0.05) is 13.0 Å². The minimum Gasteiger partial charge on any atom is -0.481 e. The van der Waals surface area contributed by atoms with Crippen molar-refractivity contribution in [2.45, 2.75) is 44.7 Å². The molecule has 7 heteroatoms. The third-order valence-electron chi connectivity index (χ3n) is 4.42. The molecule has 1 aromatic carbocycles. The molecule has 3 N–H and O–H groups in total. The number of nitrogens with zero attached hydrogens (tertiary/aromatic N) is 1. The molecule has 134 valence electrons. The Balaban J connectivity index is 1.68. The Morgan fingerprint density at radius 2 is 1.96 bits per heavy atom. The Morgan fingerprint density at radius 3 is 2.56 bits per heavy atom. The van der Waals surface area contributed by atoms with Crippen molar-refractivity contribution >= 4 is 23.6 Å². The fourth-order valence-corrected chi connectivity index (χ4v) is 2.63. The number of anilines is 1. The molecule has 2 saturated carbocycles. The topological polar surface area (TPSA) is 98.7 Å². The SMILES string of the molecule is CC(CN(C(=O)c1cccc(NC(=O)NC2CC2)c1)C1CC1)C(=O)O. The molecule has 1 unspecified atom stereocenters. The van der Waals surface area contributed by atoms with Crippen LogP contribution in [0, 0.1) is 5.92 Å². The first-order chi connectivity index (χ1) is 11.9. The molecule has 7 nitrogen and oxygen atoms in total. The normalized spacial score (nSPS) is 17.5. The monoisotopic (exact) mass is 345 g/mol. The van der Waals surface area contributed by atoms with Crippen molar-refractivity contribution in [2.75, 3.05) is 11.9 Å². The summed E-state index contributed by atoms with van der Waals surface area (Å²) in [5.41, 5.74) is 1.000. The van der Waals surface area contributed by atoms with Crippen LogP contribution in [0.2, 0.25) is 0 Å². The Bertz CT molecular complexity index is 683. The molecule has 1 aromatic rings. The highest BCUT2D eigenvalue weighted by atomic mass is 16.4. The number of carboxylic acids is 1. The van der Waals surface area contributed by atoms with Gasteiger partial charge in [-0.25, -0.2) is 4.79 Å². The fraction of sp³-hybridized carbons (Fsp3) is 0.500. The van der Waals surface area contributed by atoms with E-state index in [-0.39, 0.29) is 30.6 Å². The zero-order valence-electron chi connectivity index (χ0n) is 14.2. The Hall–Kier alpha value is -2.57. The van der Waals surface area contributed by atoms with Crippen LogP contribution < -0.4 is 10.6 Å². The van der Waals surface area contributed by atoms with Gasteiger partial charge in [0.2, 0.25) is 0 Å². The van der Waals surface area contributed by atoms with E-state index in [2.05, 4.69) is 10.6 Å². The average molecular weight is 345 g/mol. The maximum atomic E-state index is 12.8. The van der Waals surface area contributed by atoms with Crippen molar-refractivity contribution in [1.29, 1.82) is 0 Å². The van der Waals surface area contributed by atoms with E-state index in [1.807, 2.05) is 0 Å². The van der Waals surface area contributed by atoms with E-state index in [9.17, 15) is 14.4 Å². The number of aliphatic carboxylic acids is 1. The van der Waals surface area contributed by atoms with Gasteiger partial charge in [0.15, 0.2) is 0 Å². The van der Waals surface area contributed by atoms with Gasteiger partial charge in [0.25, 0.3) is 5.91 Å². The Labute approximate surface area is 146 Å². The summed E-state index contributed by atoms with van der Waals surface area (Å²) in [6.07, 6.45) is 3.81. The molecular formula is C18H23N3O4. The van der Waals surface area contributed by atoms with Crippen molar-refractivity contribution in [3.05, 3.63) is 29.8 Å². The summed E-state index contributed by atoms with van der Waals surface area (Å²) in [7, 11) is 0. The van der Waals surface area contributed by atoms with Crippen molar-refractivity contribution in [2.24, 2.45) is 5.92 Å². The highest BCUT2D eigenvalue weighted by Gasteiger charge is 2.35. The molecule has 2 aliphatic rings. The van der Waals surface area contributed by atoms with Crippen molar-refractivity contribution in [3.8, 4) is 0 Å². The van der Waals surface area contributed by atoms with Gasteiger partial charge in [-0.15, -0.1) is 0 Å². The molecule has 25 heavy (non-hydrogen) atoms. The summed E-state index contributed by atoms with van der Waals surface area (Å²) in [5.74, 6) is -1.72. The number of carbonyl (C=O) groups excluding carboxylic acids is 2. The molecule has 0 saturated heterocycles. The third kappa shape index (κ3) is 4.71. The first-order valence-electron chi connectivity index (χ1n) is 8.65. The van der Waals surface area contributed by atoms with Crippen LogP contribution in [0.1, 0.15) is 43.0 Å². The van der Waals surface area contributed by atoms with Crippen molar-refractivity contribution < 1.29 is 19.5 Å². The molecule has 1 atom stereocenters. The molecule has 0 radical (unpaired) electrons. The molecule has 2 aliphatic carbocycles. The minimum absolute atomic E-state index is 0.115. The van der Waals surface area contributed by atoms with Crippen LogP contribution in [0.15, 0.2) is 24.3 Å². The molecule has 3 rings (SSSR count). The maximum Gasteiger partial charge on any atom is 0.319 e. The van der Waals surface area contributed by atoms with Gasteiger partial charge >= 0.3 is 12.0 Å². The molecule has 0 aliphatic heterocycles. The summed E-state index contributed by atoms with van der Waals surface area (Å²) >= 11 is 0. The molecular weight excluding hydrogens is 322 g/mol. The lowest BCUT2D eigenvalue weighted by Gasteiger charge is -2.24. The van der Waals surface area contributed by atoms with Gasteiger partial charge in [-0.05, 0) is 43.9 Å². The number of benzene rings is 1. The number of carbonyl (C=O) groups is 3. The predicted octanol–water partition coefficient (Wildman–Crippen LogP) is 2.30. The number of urea groups is 1. The largest absolute Gasteiger partial charge is 0.481 e. The molecule has 3 amide bonds. The lowest BCUT2D eigenvalue weighted by molar-refractivity contribution is -0.141. The molecule has 2 fully saturated rings. The summed E-state index contributed by atoms with van der Waals surface area (Å²) in [4.78, 5) is 37.4. The second-order valence-electron chi connectivity index (χ2n) is 6.88. The highest BCUT2D eigenvalue weighted by Crippen LogP contribution is 2.29. The smallest absolute Gasteiger partial charge is 0.319 e. The Kier molecular flexibility index (Phi) is 4.92. The zero-order chi connectivity index (χ0) is 18.0. The third-order valence-corrected chi connectivity index (χ3v) is 4.42. The van der Waals surface area contributed by atoms with Gasteiger partial charge in [0.1, 0.15) is 0 Å². The number of hydrogen-bond acceptors (Lipinski definition) is 3. The van der Waals surface area contributed by atoms with E-state index in [0.717, 1.165) is 25.7 Å². The number of amides is 3. The van der Waals surface area contributed by atoms with Crippen LogP contribution in [0.3, 0.4) is 0 Å². The second-order valence-corrected chi connectivity index (χ2v) is 6.88. The van der Waals surface area contributed by atoms with E-state index < -0.39 is 11.9 Å². The highest BCUT2D eigenvalue weighted by molar-refractivity contribution is 5.97. The lowest BCUT2D eigenvalue weighted by atomic mass is 10.1. The minimum atomic E-state index is -0.911. The van der Waals surface area contributed by atoms with E-state index >= 15 is 0 Å². The van der Waals surface area contributed by atoms with Crippen LogP contribution >= 0.6 is 0 Å². The Morgan fingerprint density at radius 1 is 1.24 bits per heavy atom. The molecule has 0 bridgehead atoms. The van der Waals surface area contributed by atoms with Crippen LogP contribution in [-0.2, 0) is 4.79 Å². The predicted molar refractivity (Wildman–Crippen MR) is 92.5 cm³/mol. The fourth-order valence-electron chi connectivity index (χ4n) is 2.63.